The maximum atomic E-state index is 9.95. The molecule has 0 spiro atoms. The fourth-order valence-electron chi connectivity index (χ4n) is 4.07. The molecule has 9 heteroatoms. The molecule has 166 valence electrons. The molecule has 0 amide bonds. The van der Waals surface area contributed by atoms with Crippen molar-refractivity contribution in [3.63, 3.8) is 0 Å². The van der Waals surface area contributed by atoms with Gasteiger partial charge in [-0.15, -0.1) is 5.11 Å². The Kier molecular flexibility index (Phi) is 7.11. The lowest BCUT2D eigenvalue weighted by Gasteiger charge is -2.24. The van der Waals surface area contributed by atoms with E-state index in [1.165, 1.54) is 37.8 Å². The monoisotopic (exact) mass is 425 g/mol. The van der Waals surface area contributed by atoms with E-state index < -0.39 is 0 Å². The van der Waals surface area contributed by atoms with Crippen molar-refractivity contribution in [1.82, 2.24) is 15.0 Å². The van der Waals surface area contributed by atoms with Crippen LogP contribution in [0.4, 0.5) is 17.8 Å². The van der Waals surface area contributed by atoms with Crippen LogP contribution in [0.3, 0.4) is 0 Å². The van der Waals surface area contributed by atoms with Gasteiger partial charge in [0.25, 0.3) is 5.95 Å². The van der Waals surface area contributed by atoms with Gasteiger partial charge in [0, 0.05) is 37.8 Å². The summed E-state index contributed by atoms with van der Waals surface area (Å²) in [7, 11) is 0. The van der Waals surface area contributed by atoms with Crippen LogP contribution in [0.2, 0.25) is 0 Å². The average Bonchev–Trinajstić information content (AvgIpc) is 3.21. The van der Waals surface area contributed by atoms with Crippen LogP contribution in [0.15, 0.2) is 28.4 Å². The van der Waals surface area contributed by atoms with E-state index in [4.69, 9.17) is 4.98 Å². The minimum Gasteiger partial charge on any atom is -0.508 e. The zero-order valence-corrected chi connectivity index (χ0v) is 17.9. The molecule has 2 aliphatic heterocycles. The molecule has 2 aromatic rings. The summed E-state index contributed by atoms with van der Waals surface area (Å²) in [5.74, 6) is 1.66. The van der Waals surface area contributed by atoms with E-state index in [-0.39, 0.29) is 18.0 Å². The van der Waals surface area contributed by atoms with Gasteiger partial charge in [0.05, 0.1) is 6.54 Å². The molecule has 31 heavy (non-hydrogen) atoms. The van der Waals surface area contributed by atoms with Crippen molar-refractivity contribution in [3.05, 3.63) is 23.8 Å². The van der Waals surface area contributed by atoms with E-state index in [1.807, 2.05) is 0 Å². The Morgan fingerprint density at radius 3 is 1.81 bits per heavy atom. The van der Waals surface area contributed by atoms with E-state index in [0.29, 0.717) is 23.4 Å². The van der Waals surface area contributed by atoms with Gasteiger partial charge in [-0.1, -0.05) is 25.7 Å². The summed E-state index contributed by atoms with van der Waals surface area (Å²) in [6.45, 7) is 3.96. The maximum Gasteiger partial charge on any atom is 0.275 e. The topological polar surface area (TPSA) is 110 Å². The minimum atomic E-state index is -0.00916. The third-order valence-corrected chi connectivity index (χ3v) is 5.85. The largest absolute Gasteiger partial charge is 0.508 e. The molecule has 0 saturated carbocycles. The van der Waals surface area contributed by atoms with Gasteiger partial charge in [-0.3, -0.25) is 0 Å². The highest BCUT2D eigenvalue weighted by atomic mass is 16.3. The predicted octanol–water partition coefficient (Wildman–Crippen LogP) is 4.33. The lowest BCUT2D eigenvalue weighted by Crippen LogP contribution is -2.30. The predicted molar refractivity (Wildman–Crippen MR) is 119 cm³/mol. The fraction of sp³-hybridized carbons (Fsp3) is 0.591. The van der Waals surface area contributed by atoms with Gasteiger partial charge in [0.1, 0.15) is 11.5 Å². The van der Waals surface area contributed by atoms with Gasteiger partial charge < -0.3 is 20.0 Å². The first kappa shape index (κ1) is 21.3. The number of benzene rings is 1. The number of nitrogens with zero attached hydrogens (tertiary/aromatic N) is 7. The first-order valence-electron chi connectivity index (χ1n) is 11.3. The Labute approximate surface area is 182 Å². The summed E-state index contributed by atoms with van der Waals surface area (Å²) in [6, 6.07) is 4.44. The zero-order chi connectivity index (χ0) is 21.5. The molecule has 0 radical (unpaired) electrons. The number of anilines is 2. The molecule has 0 atom stereocenters. The molecule has 1 aromatic carbocycles. The second-order valence-corrected chi connectivity index (χ2v) is 8.25. The van der Waals surface area contributed by atoms with Crippen LogP contribution in [0.5, 0.6) is 11.5 Å². The molecule has 2 fully saturated rings. The molecule has 0 unspecified atom stereocenters. The zero-order valence-electron chi connectivity index (χ0n) is 17.9. The van der Waals surface area contributed by atoms with Crippen LogP contribution in [0, 0.1) is 0 Å². The van der Waals surface area contributed by atoms with Gasteiger partial charge in [0.15, 0.2) is 0 Å². The molecule has 2 saturated heterocycles. The normalized spacial score (nSPS) is 18.2. The number of aromatic nitrogens is 3. The van der Waals surface area contributed by atoms with E-state index >= 15 is 0 Å². The summed E-state index contributed by atoms with van der Waals surface area (Å²) < 4.78 is 0. The van der Waals surface area contributed by atoms with Crippen molar-refractivity contribution in [2.45, 2.75) is 57.9 Å². The van der Waals surface area contributed by atoms with E-state index in [0.717, 1.165) is 51.9 Å². The Hall–Kier alpha value is -2.97. The van der Waals surface area contributed by atoms with Crippen molar-refractivity contribution >= 4 is 17.8 Å². The molecule has 2 N–H and O–H groups in total. The molecular weight excluding hydrogens is 394 g/mol. The lowest BCUT2D eigenvalue weighted by atomic mass is 10.2. The van der Waals surface area contributed by atoms with Crippen LogP contribution < -0.4 is 9.80 Å². The van der Waals surface area contributed by atoms with Crippen molar-refractivity contribution in [3.8, 4) is 11.5 Å². The van der Waals surface area contributed by atoms with Crippen LogP contribution in [-0.4, -0.2) is 51.3 Å². The van der Waals surface area contributed by atoms with Crippen LogP contribution in [0.25, 0.3) is 0 Å². The molecule has 1 aromatic heterocycles. The van der Waals surface area contributed by atoms with Crippen LogP contribution in [0.1, 0.15) is 56.9 Å². The average molecular weight is 426 g/mol. The highest BCUT2D eigenvalue weighted by Crippen LogP contribution is 2.25. The highest BCUT2D eigenvalue weighted by Gasteiger charge is 2.19. The molecular formula is C22H31N7O2. The Morgan fingerprint density at radius 1 is 0.742 bits per heavy atom. The molecule has 3 heterocycles. The van der Waals surface area contributed by atoms with Crippen LogP contribution in [-0.2, 0) is 6.54 Å². The van der Waals surface area contributed by atoms with Gasteiger partial charge >= 0.3 is 0 Å². The number of phenols is 2. The van der Waals surface area contributed by atoms with Crippen molar-refractivity contribution in [1.29, 1.82) is 0 Å². The first-order valence-corrected chi connectivity index (χ1v) is 11.3. The van der Waals surface area contributed by atoms with Crippen LogP contribution >= 0.6 is 0 Å². The summed E-state index contributed by atoms with van der Waals surface area (Å²) in [6.07, 6.45) is 9.52. The van der Waals surface area contributed by atoms with Crippen molar-refractivity contribution < 1.29 is 10.2 Å². The second-order valence-electron chi connectivity index (χ2n) is 8.25. The van der Waals surface area contributed by atoms with E-state index in [1.54, 1.807) is 6.07 Å². The maximum absolute atomic E-state index is 9.95. The summed E-state index contributed by atoms with van der Waals surface area (Å²) in [5.41, 5.74) is 0.580. The Balaban J connectivity index is 1.58. The fourth-order valence-corrected chi connectivity index (χ4v) is 4.07. The summed E-state index contributed by atoms with van der Waals surface area (Å²) >= 11 is 0. The quantitative estimate of drug-likeness (QED) is 0.686. The third kappa shape index (κ3) is 5.80. The molecule has 4 rings (SSSR count). The molecule has 2 aliphatic rings. The highest BCUT2D eigenvalue weighted by molar-refractivity contribution is 5.43. The van der Waals surface area contributed by atoms with Gasteiger partial charge in [-0.2, -0.15) is 20.1 Å². The first-order chi connectivity index (χ1) is 15.2. The van der Waals surface area contributed by atoms with Gasteiger partial charge in [-0.25, -0.2) is 0 Å². The minimum absolute atomic E-state index is 0.00916. The summed E-state index contributed by atoms with van der Waals surface area (Å²) in [5, 5.41) is 27.9. The molecule has 9 nitrogen and oxygen atoms in total. The Morgan fingerprint density at radius 2 is 1.29 bits per heavy atom. The van der Waals surface area contributed by atoms with Gasteiger partial charge in [0.2, 0.25) is 11.9 Å². The SMILES string of the molecule is Oc1ccc(CN=Nc2nc(N3CCCCCC3)nc(N3CCCCCC3)n2)c(O)c1. The van der Waals surface area contributed by atoms with Gasteiger partial charge in [-0.05, 0) is 37.8 Å². The number of phenolic OH excluding ortho intramolecular Hbond substituents is 2. The molecule has 0 bridgehead atoms. The Bertz CT molecular complexity index is 851. The lowest BCUT2D eigenvalue weighted by molar-refractivity contribution is 0.446. The standard InChI is InChI=1S/C22H31N7O2/c30-18-10-9-17(19(31)15-18)16-23-27-20-24-21(28-11-5-1-2-6-12-28)26-22(25-20)29-13-7-3-4-8-14-29/h9-10,15,30-31H,1-8,11-14,16H2. The van der Waals surface area contributed by atoms with E-state index in [9.17, 15) is 10.2 Å². The number of rotatable bonds is 5. The number of hydrogen-bond donors (Lipinski definition) is 2. The van der Waals surface area contributed by atoms with Crippen molar-refractivity contribution in [2.24, 2.45) is 10.2 Å². The third-order valence-electron chi connectivity index (χ3n) is 5.85. The van der Waals surface area contributed by atoms with Crippen molar-refractivity contribution in [2.75, 3.05) is 36.0 Å². The summed E-state index contributed by atoms with van der Waals surface area (Å²) in [4.78, 5) is 18.5. The number of hydrogen-bond acceptors (Lipinski definition) is 9. The second kappa shape index (κ2) is 10.4. The number of aromatic hydroxyl groups is 2. The smallest absolute Gasteiger partial charge is 0.275 e. The molecule has 0 aliphatic carbocycles. The number of azo groups is 1. The van der Waals surface area contributed by atoms with E-state index in [2.05, 4.69) is 30.0 Å².